The second-order valence-electron chi connectivity index (χ2n) is 9.13. The van der Waals surface area contributed by atoms with Crippen LogP contribution in [0.3, 0.4) is 0 Å². The highest BCUT2D eigenvalue weighted by Crippen LogP contribution is 2.19. The molecule has 0 unspecified atom stereocenters. The number of H-pyrrole nitrogens is 1. The van der Waals surface area contributed by atoms with Gasteiger partial charge in [-0.15, -0.1) is 0 Å². The summed E-state index contributed by atoms with van der Waals surface area (Å²) in [6.45, 7) is 1.51. The standard InChI is InChI=1S/C30H31ClFN3O3/c1-38-18-4-16-35(30(37)23-9-11-25(31)12-10-23)21-29(36)34(20-22-7-13-26(32)14-8-22)17-15-24-19-33-28-6-3-2-5-27(24)28/h2-3,5-14,19,33H,4,15-18,20-21H2,1H3. The maximum atomic E-state index is 13.7. The van der Waals surface area contributed by atoms with Crippen LogP contribution in [0.15, 0.2) is 79.0 Å². The first-order chi connectivity index (χ1) is 18.4. The number of para-hydroxylation sites is 1. The normalized spacial score (nSPS) is 11.0. The van der Waals surface area contributed by atoms with E-state index < -0.39 is 0 Å². The van der Waals surface area contributed by atoms with E-state index in [0.717, 1.165) is 22.0 Å². The van der Waals surface area contributed by atoms with Crippen LogP contribution in [0.4, 0.5) is 4.39 Å². The number of nitrogens with one attached hydrogen (secondary N) is 1. The van der Waals surface area contributed by atoms with Crippen molar-refractivity contribution in [3.8, 4) is 0 Å². The average molecular weight is 536 g/mol. The maximum Gasteiger partial charge on any atom is 0.254 e. The molecule has 0 aliphatic carbocycles. The molecule has 198 valence electrons. The van der Waals surface area contributed by atoms with Gasteiger partial charge in [0.15, 0.2) is 0 Å². The Morgan fingerprint density at radius 3 is 2.42 bits per heavy atom. The molecule has 0 atom stereocenters. The first kappa shape index (κ1) is 27.4. The van der Waals surface area contributed by atoms with E-state index in [9.17, 15) is 14.0 Å². The monoisotopic (exact) mass is 535 g/mol. The minimum Gasteiger partial charge on any atom is -0.385 e. The molecule has 1 heterocycles. The number of rotatable bonds is 12. The van der Waals surface area contributed by atoms with Crippen LogP contribution in [-0.4, -0.2) is 59.9 Å². The zero-order chi connectivity index (χ0) is 26.9. The highest BCUT2D eigenvalue weighted by Gasteiger charge is 2.23. The molecule has 1 aromatic heterocycles. The van der Waals surface area contributed by atoms with Gasteiger partial charge < -0.3 is 19.5 Å². The van der Waals surface area contributed by atoms with Crippen molar-refractivity contribution in [1.82, 2.24) is 14.8 Å². The van der Waals surface area contributed by atoms with E-state index in [2.05, 4.69) is 11.1 Å². The number of fused-ring (bicyclic) bond motifs is 1. The summed E-state index contributed by atoms with van der Waals surface area (Å²) in [5.41, 5.74) is 3.42. The van der Waals surface area contributed by atoms with Gasteiger partial charge >= 0.3 is 0 Å². The van der Waals surface area contributed by atoms with Crippen LogP contribution < -0.4 is 0 Å². The molecule has 2 amide bonds. The zero-order valence-electron chi connectivity index (χ0n) is 21.3. The van der Waals surface area contributed by atoms with Gasteiger partial charge in [0.2, 0.25) is 5.91 Å². The molecule has 38 heavy (non-hydrogen) atoms. The third-order valence-electron chi connectivity index (χ3n) is 6.45. The summed E-state index contributed by atoms with van der Waals surface area (Å²) in [4.78, 5) is 33.5. The van der Waals surface area contributed by atoms with Crippen molar-refractivity contribution in [2.75, 3.05) is 33.4 Å². The lowest BCUT2D eigenvalue weighted by Gasteiger charge is -2.28. The summed E-state index contributed by atoms with van der Waals surface area (Å²) in [6.07, 6.45) is 3.19. The van der Waals surface area contributed by atoms with Crippen molar-refractivity contribution in [3.05, 3.63) is 107 Å². The Kier molecular flexibility index (Phi) is 9.51. The molecule has 3 aromatic carbocycles. The van der Waals surface area contributed by atoms with Gasteiger partial charge in [-0.2, -0.15) is 0 Å². The van der Waals surface area contributed by atoms with E-state index in [1.165, 1.54) is 12.1 Å². The third-order valence-corrected chi connectivity index (χ3v) is 6.70. The number of hydrogen-bond acceptors (Lipinski definition) is 3. The molecular weight excluding hydrogens is 505 g/mol. The van der Waals surface area contributed by atoms with Crippen molar-refractivity contribution in [3.63, 3.8) is 0 Å². The number of nitrogens with zero attached hydrogens (tertiary/aromatic N) is 2. The Balaban J connectivity index is 1.53. The molecular formula is C30H31ClFN3O3. The number of carbonyl (C=O) groups excluding carboxylic acids is 2. The number of methoxy groups -OCH3 is 1. The van der Waals surface area contributed by atoms with Crippen LogP contribution in [-0.2, 0) is 22.5 Å². The predicted octanol–water partition coefficient (Wildman–Crippen LogP) is 5.71. The SMILES string of the molecule is COCCCN(CC(=O)N(CCc1c[nH]c2ccccc12)Cc1ccc(F)cc1)C(=O)c1ccc(Cl)cc1. The summed E-state index contributed by atoms with van der Waals surface area (Å²) in [5.74, 6) is -0.762. The lowest BCUT2D eigenvalue weighted by Crippen LogP contribution is -2.44. The van der Waals surface area contributed by atoms with Crippen LogP contribution in [0.2, 0.25) is 5.02 Å². The summed E-state index contributed by atoms with van der Waals surface area (Å²) in [7, 11) is 1.60. The largest absolute Gasteiger partial charge is 0.385 e. The predicted molar refractivity (Wildman–Crippen MR) is 148 cm³/mol. The minimum atomic E-state index is -0.330. The zero-order valence-corrected chi connectivity index (χ0v) is 22.1. The second-order valence-corrected chi connectivity index (χ2v) is 9.57. The first-order valence-corrected chi connectivity index (χ1v) is 12.9. The molecule has 0 spiro atoms. The van der Waals surface area contributed by atoms with Crippen LogP contribution in [0.5, 0.6) is 0 Å². The molecule has 0 radical (unpaired) electrons. The number of carbonyl (C=O) groups is 2. The molecule has 0 aliphatic rings. The van der Waals surface area contributed by atoms with Crippen LogP contribution in [0.25, 0.3) is 10.9 Å². The van der Waals surface area contributed by atoms with E-state index in [1.807, 2.05) is 24.4 Å². The van der Waals surface area contributed by atoms with Crippen molar-refractivity contribution < 1.29 is 18.7 Å². The molecule has 0 aliphatic heterocycles. The second kappa shape index (κ2) is 13.2. The number of aromatic nitrogens is 1. The Bertz CT molecular complexity index is 1360. The molecule has 0 fully saturated rings. The first-order valence-electron chi connectivity index (χ1n) is 12.6. The van der Waals surface area contributed by atoms with Gasteiger partial charge in [-0.25, -0.2) is 4.39 Å². The fourth-order valence-corrected chi connectivity index (χ4v) is 4.51. The molecule has 4 rings (SSSR count). The Morgan fingerprint density at radius 1 is 0.947 bits per heavy atom. The van der Waals surface area contributed by atoms with E-state index >= 15 is 0 Å². The number of ether oxygens (including phenoxy) is 1. The molecule has 6 nitrogen and oxygen atoms in total. The number of halogens is 2. The van der Waals surface area contributed by atoms with Gasteiger partial charge in [0.05, 0.1) is 0 Å². The van der Waals surface area contributed by atoms with Gasteiger partial charge in [0.1, 0.15) is 12.4 Å². The average Bonchev–Trinajstić information content (AvgIpc) is 3.34. The van der Waals surface area contributed by atoms with Crippen molar-refractivity contribution in [2.45, 2.75) is 19.4 Å². The quantitative estimate of drug-likeness (QED) is 0.236. The number of hydrogen-bond donors (Lipinski definition) is 1. The Morgan fingerprint density at radius 2 is 1.68 bits per heavy atom. The minimum absolute atomic E-state index is 0.0831. The van der Waals surface area contributed by atoms with Crippen LogP contribution in [0.1, 0.15) is 27.9 Å². The van der Waals surface area contributed by atoms with Gasteiger partial charge in [0.25, 0.3) is 5.91 Å². The molecule has 8 heteroatoms. The fourth-order valence-electron chi connectivity index (χ4n) is 4.39. The lowest BCUT2D eigenvalue weighted by molar-refractivity contribution is -0.132. The van der Waals surface area contributed by atoms with Gasteiger partial charge in [-0.3, -0.25) is 9.59 Å². The summed E-state index contributed by atoms with van der Waals surface area (Å²) in [6, 6.07) is 20.8. The van der Waals surface area contributed by atoms with Crippen molar-refractivity contribution in [1.29, 1.82) is 0 Å². The van der Waals surface area contributed by atoms with Crippen LogP contribution in [0, 0.1) is 5.82 Å². The Labute approximate surface area is 227 Å². The van der Waals surface area contributed by atoms with Gasteiger partial charge in [0, 0.05) is 61.0 Å². The molecule has 4 aromatic rings. The topological polar surface area (TPSA) is 65.6 Å². The summed E-state index contributed by atoms with van der Waals surface area (Å²) in [5, 5.41) is 1.65. The van der Waals surface area contributed by atoms with Gasteiger partial charge in [-0.1, -0.05) is 41.9 Å². The smallest absolute Gasteiger partial charge is 0.254 e. The van der Waals surface area contributed by atoms with Gasteiger partial charge in [-0.05, 0) is 66.4 Å². The van der Waals surface area contributed by atoms with E-state index in [-0.39, 0.29) is 24.2 Å². The molecule has 1 N–H and O–H groups in total. The molecule has 0 bridgehead atoms. The van der Waals surface area contributed by atoms with E-state index in [0.29, 0.717) is 49.7 Å². The Hall–Kier alpha value is -3.68. The number of benzene rings is 3. The van der Waals surface area contributed by atoms with Crippen LogP contribution >= 0.6 is 11.6 Å². The molecule has 0 saturated heterocycles. The van der Waals surface area contributed by atoms with E-state index in [1.54, 1.807) is 53.3 Å². The molecule has 0 saturated carbocycles. The number of amides is 2. The van der Waals surface area contributed by atoms with Crippen molar-refractivity contribution in [2.24, 2.45) is 0 Å². The summed E-state index contributed by atoms with van der Waals surface area (Å²) >= 11 is 6.00. The summed E-state index contributed by atoms with van der Waals surface area (Å²) < 4.78 is 18.7. The fraction of sp³-hybridized carbons (Fsp3) is 0.267. The number of aromatic amines is 1. The highest BCUT2D eigenvalue weighted by molar-refractivity contribution is 6.30. The highest BCUT2D eigenvalue weighted by atomic mass is 35.5. The van der Waals surface area contributed by atoms with E-state index in [4.69, 9.17) is 16.3 Å². The van der Waals surface area contributed by atoms with Crippen molar-refractivity contribution >= 4 is 34.3 Å². The third kappa shape index (κ3) is 7.21. The maximum absolute atomic E-state index is 13.7. The lowest BCUT2D eigenvalue weighted by atomic mass is 10.1.